The minimum absolute atomic E-state index is 0.0184. The number of fused-ring (bicyclic) bond motifs is 2. The van der Waals surface area contributed by atoms with Crippen LogP contribution in [0.25, 0.3) is 0 Å². The van der Waals surface area contributed by atoms with Crippen LogP contribution in [-0.2, 0) is 11.2 Å². The van der Waals surface area contributed by atoms with Crippen molar-refractivity contribution in [3.05, 3.63) is 71.8 Å². The Hall–Kier alpha value is -3.48. The summed E-state index contributed by atoms with van der Waals surface area (Å²) < 4.78 is 12.3. The number of carbonyl (C=O) groups excluding carboxylic acids is 1. The summed E-state index contributed by atoms with van der Waals surface area (Å²) in [5.41, 5.74) is 2.62. The molecule has 0 saturated carbocycles. The Kier molecular flexibility index (Phi) is 5.94. The highest BCUT2D eigenvalue weighted by atomic mass is 16.5. The van der Waals surface area contributed by atoms with E-state index in [1.165, 1.54) is 6.33 Å². The van der Waals surface area contributed by atoms with Gasteiger partial charge >= 0.3 is 0 Å². The zero-order valence-corrected chi connectivity index (χ0v) is 19.0. The van der Waals surface area contributed by atoms with Crippen LogP contribution in [0.2, 0.25) is 0 Å². The monoisotopic (exact) mass is 444 g/mol. The topological polar surface area (TPSA) is 77.4 Å². The lowest BCUT2D eigenvalue weighted by Gasteiger charge is -2.39. The number of aryl methyl sites for hydroxylation is 1. The van der Waals surface area contributed by atoms with E-state index in [2.05, 4.69) is 19.9 Å². The smallest absolute Gasteiger partial charge is 0.229 e. The van der Waals surface area contributed by atoms with Crippen molar-refractivity contribution >= 4 is 5.91 Å². The summed E-state index contributed by atoms with van der Waals surface area (Å²) in [6.07, 6.45) is 7.37. The van der Waals surface area contributed by atoms with Gasteiger partial charge in [-0.3, -0.25) is 9.78 Å². The van der Waals surface area contributed by atoms with E-state index in [-0.39, 0.29) is 24.1 Å². The van der Waals surface area contributed by atoms with Gasteiger partial charge in [0.05, 0.1) is 17.7 Å². The molecule has 2 aliphatic heterocycles. The number of benzene rings is 1. The molecule has 0 radical (unpaired) electrons. The van der Waals surface area contributed by atoms with Crippen LogP contribution in [0.5, 0.6) is 17.5 Å². The van der Waals surface area contributed by atoms with Crippen LogP contribution in [0, 0.1) is 13.8 Å². The highest BCUT2D eigenvalue weighted by Crippen LogP contribution is 2.38. The fourth-order valence-electron chi connectivity index (χ4n) is 4.97. The Balaban J connectivity index is 1.25. The van der Waals surface area contributed by atoms with Gasteiger partial charge in [0.2, 0.25) is 17.7 Å². The predicted octanol–water partition coefficient (Wildman–Crippen LogP) is 4.42. The number of nitrogens with zero attached hydrogens (tertiary/aromatic N) is 4. The first-order valence-electron chi connectivity index (χ1n) is 11.5. The second-order valence-electron chi connectivity index (χ2n) is 8.86. The Morgan fingerprint density at radius 2 is 1.70 bits per heavy atom. The van der Waals surface area contributed by atoms with E-state index in [0.717, 1.165) is 42.5 Å². The summed E-state index contributed by atoms with van der Waals surface area (Å²) in [6, 6.07) is 14.1. The van der Waals surface area contributed by atoms with Gasteiger partial charge in [0, 0.05) is 31.1 Å². The van der Waals surface area contributed by atoms with E-state index in [1.54, 1.807) is 6.20 Å². The third-order valence-electron chi connectivity index (χ3n) is 6.61. The van der Waals surface area contributed by atoms with Gasteiger partial charge in [-0.1, -0.05) is 30.3 Å². The van der Waals surface area contributed by atoms with E-state index in [4.69, 9.17) is 9.47 Å². The van der Waals surface area contributed by atoms with Crippen LogP contribution < -0.4 is 9.47 Å². The Morgan fingerprint density at radius 1 is 0.970 bits per heavy atom. The van der Waals surface area contributed by atoms with Crippen molar-refractivity contribution in [1.82, 2.24) is 19.9 Å². The average molecular weight is 445 g/mol. The van der Waals surface area contributed by atoms with Gasteiger partial charge in [-0.15, -0.1) is 0 Å². The maximum Gasteiger partial charge on any atom is 0.229 e. The SMILES string of the molecule is Cc1ncccc1Oc1ncnc(OC2C[C@@H]3CC[C@@H](C2)N3C(=O)Cc2ccccc2)c1C. The number of ether oxygens (including phenoxy) is 2. The van der Waals surface area contributed by atoms with Gasteiger partial charge in [0.25, 0.3) is 0 Å². The van der Waals surface area contributed by atoms with E-state index in [9.17, 15) is 4.79 Å². The summed E-state index contributed by atoms with van der Waals surface area (Å²) in [5, 5.41) is 0. The van der Waals surface area contributed by atoms with Crippen molar-refractivity contribution in [3.63, 3.8) is 0 Å². The van der Waals surface area contributed by atoms with Crippen LogP contribution in [0.15, 0.2) is 55.0 Å². The molecule has 2 atom stereocenters. The molecule has 2 aliphatic rings. The maximum atomic E-state index is 13.0. The largest absolute Gasteiger partial charge is 0.474 e. The molecule has 2 saturated heterocycles. The second-order valence-corrected chi connectivity index (χ2v) is 8.86. The van der Waals surface area contributed by atoms with Crippen molar-refractivity contribution in [2.24, 2.45) is 0 Å². The summed E-state index contributed by atoms with van der Waals surface area (Å²) in [5.74, 6) is 1.88. The highest BCUT2D eigenvalue weighted by Gasteiger charge is 2.44. The molecule has 3 aromatic rings. The standard InChI is InChI=1S/C26H28N4O3/c1-17-25(28-16-29-26(17)33-23-9-6-12-27-18(23)2)32-22-14-20-10-11-21(15-22)30(20)24(31)13-19-7-4-3-5-8-19/h3-9,12,16,20-22H,10-11,13-15H2,1-2H3/t20-,21-/m0/s1. The van der Waals surface area contributed by atoms with Crippen molar-refractivity contribution in [1.29, 1.82) is 0 Å². The molecule has 7 heteroatoms. The molecule has 1 amide bonds. The lowest BCUT2D eigenvalue weighted by Crippen LogP contribution is -2.49. The molecule has 2 aromatic heterocycles. The predicted molar refractivity (Wildman–Crippen MR) is 123 cm³/mol. The third-order valence-corrected chi connectivity index (χ3v) is 6.61. The molecule has 0 spiro atoms. The first-order valence-corrected chi connectivity index (χ1v) is 11.5. The number of amides is 1. The highest BCUT2D eigenvalue weighted by molar-refractivity contribution is 5.80. The van der Waals surface area contributed by atoms with Gasteiger partial charge in [-0.05, 0) is 44.4 Å². The van der Waals surface area contributed by atoms with Gasteiger partial charge in [-0.2, -0.15) is 0 Å². The molecular formula is C26H28N4O3. The van der Waals surface area contributed by atoms with Gasteiger partial charge in [0.1, 0.15) is 12.4 Å². The van der Waals surface area contributed by atoms with E-state index in [1.807, 2.05) is 56.3 Å². The zero-order valence-electron chi connectivity index (χ0n) is 19.0. The summed E-state index contributed by atoms with van der Waals surface area (Å²) >= 11 is 0. The maximum absolute atomic E-state index is 13.0. The van der Waals surface area contributed by atoms with E-state index in [0.29, 0.717) is 23.9 Å². The second kappa shape index (κ2) is 9.17. The molecule has 33 heavy (non-hydrogen) atoms. The molecule has 7 nitrogen and oxygen atoms in total. The summed E-state index contributed by atoms with van der Waals surface area (Å²) in [4.78, 5) is 28.1. The molecular weight excluding hydrogens is 416 g/mol. The van der Waals surface area contributed by atoms with Crippen LogP contribution >= 0.6 is 0 Å². The molecule has 5 rings (SSSR count). The quantitative estimate of drug-likeness (QED) is 0.560. The number of carbonyl (C=O) groups is 1. The minimum atomic E-state index is 0.0184. The normalized spacial score (nSPS) is 21.6. The van der Waals surface area contributed by atoms with Gasteiger partial charge < -0.3 is 14.4 Å². The Bertz CT molecular complexity index is 1120. The zero-order chi connectivity index (χ0) is 22.8. The van der Waals surface area contributed by atoms with Crippen LogP contribution in [0.1, 0.15) is 42.5 Å². The lowest BCUT2D eigenvalue weighted by atomic mass is 9.98. The number of hydrogen-bond donors (Lipinski definition) is 0. The molecule has 1 aromatic carbocycles. The van der Waals surface area contributed by atoms with Gasteiger partial charge in [-0.25, -0.2) is 9.97 Å². The van der Waals surface area contributed by atoms with Crippen LogP contribution in [0.4, 0.5) is 0 Å². The van der Waals surface area contributed by atoms with Crippen LogP contribution in [0.3, 0.4) is 0 Å². The van der Waals surface area contributed by atoms with Crippen molar-refractivity contribution < 1.29 is 14.3 Å². The summed E-state index contributed by atoms with van der Waals surface area (Å²) in [7, 11) is 0. The lowest BCUT2D eigenvalue weighted by molar-refractivity contribution is -0.136. The van der Waals surface area contributed by atoms with E-state index >= 15 is 0 Å². The Morgan fingerprint density at radius 3 is 2.42 bits per heavy atom. The van der Waals surface area contributed by atoms with E-state index < -0.39 is 0 Å². The van der Waals surface area contributed by atoms with Crippen molar-refractivity contribution in [2.45, 2.75) is 64.1 Å². The molecule has 170 valence electrons. The average Bonchev–Trinajstić information content (AvgIpc) is 3.09. The fraction of sp³-hybridized carbons (Fsp3) is 0.385. The fourth-order valence-corrected chi connectivity index (χ4v) is 4.97. The van der Waals surface area contributed by atoms with Crippen molar-refractivity contribution in [3.8, 4) is 17.5 Å². The minimum Gasteiger partial charge on any atom is -0.474 e. The molecule has 0 unspecified atom stereocenters. The number of pyridine rings is 1. The van der Waals surface area contributed by atoms with Crippen LogP contribution in [-0.4, -0.2) is 43.9 Å². The van der Waals surface area contributed by atoms with Gasteiger partial charge in [0.15, 0.2) is 5.75 Å². The molecule has 2 bridgehead atoms. The first kappa shape index (κ1) is 21.4. The molecule has 0 aliphatic carbocycles. The number of piperidine rings is 1. The molecule has 2 fully saturated rings. The number of aromatic nitrogens is 3. The molecule has 0 N–H and O–H groups in total. The number of rotatable bonds is 6. The summed E-state index contributed by atoms with van der Waals surface area (Å²) in [6.45, 7) is 3.80. The first-order chi connectivity index (χ1) is 16.1. The Labute approximate surface area is 193 Å². The molecule has 4 heterocycles. The third kappa shape index (κ3) is 4.53. The number of hydrogen-bond acceptors (Lipinski definition) is 6. The van der Waals surface area contributed by atoms with Crippen molar-refractivity contribution in [2.75, 3.05) is 0 Å².